The summed E-state index contributed by atoms with van der Waals surface area (Å²) in [5, 5.41) is 7.60. The molecule has 0 spiro atoms. The van der Waals surface area contributed by atoms with Crippen LogP contribution in [-0.4, -0.2) is 37.2 Å². The quantitative estimate of drug-likeness (QED) is 0.657. The smallest absolute Gasteiger partial charge is 0.191 e. The second-order valence-electron chi connectivity index (χ2n) is 5.55. The third-order valence-electron chi connectivity index (χ3n) is 3.77. The highest BCUT2D eigenvalue weighted by atomic mass is 32.1. The van der Waals surface area contributed by atoms with E-state index in [0.717, 1.165) is 28.2 Å². The average Bonchev–Trinajstić information content (AvgIpc) is 2.93. The van der Waals surface area contributed by atoms with E-state index >= 15 is 0 Å². The molecule has 128 valence electrons. The van der Waals surface area contributed by atoms with E-state index in [1.165, 1.54) is 4.88 Å². The number of nitrogens with one attached hydrogen (secondary N) is 2. The van der Waals surface area contributed by atoms with Gasteiger partial charge < -0.3 is 20.1 Å². The molecule has 0 amide bonds. The minimum atomic E-state index is -0.0530. The van der Waals surface area contributed by atoms with Crippen molar-refractivity contribution in [1.82, 2.24) is 15.6 Å². The molecular formula is C17H22N4O2S. The standard InChI is InChI=1S/C17H22N4O2S/c1-11-12(2)24-16(21-11)9-20-17(18-3)19-8-13-10-22-14-6-4-5-7-15(14)23-13/h4-7,13H,8-10H2,1-3H3,(H2,18,19,20)/t13-/m0/s1. The molecule has 1 aromatic carbocycles. The zero-order chi connectivity index (χ0) is 16.9. The van der Waals surface area contributed by atoms with E-state index in [2.05, 4.69) is 27.5 Å². The van der Waals surface area contributed by atoms with Crippen LogP contribution in [0.5, 0.6) is 11.5 Å². The second-order valence-corrected chi connectivity index (χ2v) is 6.84. The number of rotatable bonds is 4. The summed E-state index contributed by atoms with van der Waals surface area (Å²) in [6.07, 6.45) is -0.0530. The number of nitrogens with zero attached hydrogens (tertiary/aromatic N) is 2. The Balaban J connectivity index is 1.48. The first-order valence-corrected chi connectivity index (χ1v) is 8.73. The van der Waals surface area contributed by atoms with Gasteiger partial charge in [-0.15, -0.1) is 11.3 Å². The lowest BCUT2D eigenvalue weighted by Crippen LogP contribution is -2.45. The Bertz CT molecular complexity index is 710. The molecule has 24 heavy (non-hydrogen) atoms. The van der Waals surface area contributed by atoms with Crippen molar-refractivity contribution in [2.45, 2.75) is 26.5 Å². The van der Waals surface area contributed by atoms with E-state index in [1.807, 2.05) is 31.2 Å². The molecule has 7 heteroatoms. The van der Waals surface area contributed by atoms with E-state index in [1.54, 1.807) is 18.4 Å². The molecule has 0 unspecified atom stereocenters. The van der Waals surface area contributed by atoms with Gasteiger partial charge in [-0.05, 0) is 26.0 Å². The molecule has 1 atom stereocenters. The minimum Gasteiger partial charge on any atom is -0.486 e. The molecule has 0 aliphatic carbocycles. The van der Waals surface area contributed by atoms with Crippen LogP contribution in [0.1, 0.15) is 15.6 Å². The van der Waals surface area contributed by atoms with Gasteiger partial charge in [-0.2, -0.15) is 0 Å². The van der Waals surface area contributed by atoms with Gasteiger partial charge >= 0.3 is 0 Å². The van der Waals surface area contributed by atoms with Crippen molar-refractivity contribution >= 4 is 17.3 Å². The predicted molar refractivity (Wildman–Crippen MR) is 96.1 cm³/mol. The third kappa shape index (κ3) is 3.97. The second kappa shape index (κ2) is 7.53. The molecule has 0 bridgehead atoms. The number of fused-ring (bicyclic) bond motifs is 1. The summed E-state index contributed by atoms with van der Waals surface area (Å²) >= 11 is 1.70. The van der Waals surface area contributed by atoms with Crippen molar-refractivity contribution in [3.05, 3.63) is 39.8 Å². The van der Waals surface area contributed by atoms with Gasteiger partial charge in [-0.25, -0.2) is 4.98 Å². The Kier molecular flexibility index (Phi) is 5.20. The van der Waals surface area contributed by atoms with Crippen LogP contribution in [0.25, 0.3) is 0 Å². The van der Waals surface area contributed by atoms with Crippen LogP contribution in [0.3, 0.4) is 0 Å². The topological polar surface area (TPSA) is 67.8 Å². The Hall–Kier alpha value is -2.28. The SMILES string of the molecule is CN=C(NCc1nc(C)c(C)s1)NC[C@H]1COc2ccccc2O1. The zero-order valence-electron chi connectivity index (χ0n) is 14.1. The number of guanidine groups is 1. The molecular weight excluding hydrogens is 324 g/mol. The maximum absolute atomic E-state index is 5.93. The van der Waals surface area contributed by atoms with Crippen molar-refractivity contribution in [3.8, 4) is 11.5 Å². The lowest BCUT2D eigenvalue weighted by Gasteiger charge is -2.27. The first-order chi connectivity index (χ1) is 11.7. The van der Waals surface area contributed by atoms with E-state index < -0.39 is 0 Å². The molecule has 6 nitrogen and oxygen atoms in total. The Labute approximate surface area is 145 Å². The van der Waals surface area contributed by atoms with E-state index in [0.29, 0.717) is 19.7 Å². The van der Waals surface area contributed by atoms with Crippen molar-refractivity contribution in [3.63, 3.8) is 0 Å². The third-order valence-corrected chi connectivity index (χ3v) is 4.84. The number of benzene rings is 1. The zero-order valence-corrected chi connectivity index (χ0v) is 14.9. The fourth-order valence-corrected chi connectivity index (χ4v) is 3.24. The summed E-state index contributed by atoms with van der Waals surface area (Å²) < 4.78 is 11.6. The number of aryl methyl sites for hydroxylation is 2. The summed E-state index contributed by atoms with van der Waals surface area (Å²) in [6.45, 7) is 5.90. The van der Waals surface area contributed by atoms with Crippen LogP contribution in [0, 0.1) is 13.8 Å². The van der Waals surface area contributed by atoms with Crippen LogP contribution in [-0.2, 0) is 6.54 Å². The summed E-state index contributed by atoms with van der Waals surface area (Å²) in [5.74, 6) is 2.31. The maximum atomic E-state index is 5.93. The summed E-state index contributed by atoms with van der Waals surface area (Å²) in [6, 6.07) is 7.71. The lowest BCUT2D eigenvalue weighted by molar-refractivity contribution is 0.0936. The number of aromatic nitrogens is 1. The fraction of sp³-hybridized carbons (Fsp3) is 0.412. The molecule has 2 aromatic rings. The van der Waals surface area contributed by atoms with Crippen LogP contribution in [0.15, 0.2) is 29.3 Å². The molecule has 0 fully saturated rings. The highest BCUT2D eigenvalue weighted by Crippen LogP contribution is 2.30. The van der Waals surface area contributed by atoms with E-state index in [-0.39, 0.29) is 6.10 Å². The molecule has 1 aliphatic rings. The van der Waals surface area contributed by atoms with Crippen molar-refractivity contribution in [2.75, 3.05) is 20.2 Å². The number of hydrogen-bond acceptors (Lipinski definition) is 5. The average molecular weight is 346 g/mol. The van der Waals surface area contributed by atoms with Crippen LogP contribution in [0.2, 0.25) is 0 Å². The summed E-state index contributed by atoms with van der Waals surface area (Å²) in [4.78, 5) is 10.0. The van der Waals surface area contributed by atoms with E-state index in [9.17, 15) is 0 Å². The van der Waals surface area contributed by atoms with Crippen LogP contribution >= 0.6 is 11.3 Å². The monoisotopic (exact) mass is 346 g/mol. The normalized spacial score (nSPS) is 16.8. The fourth-order valence-electron chi connectivity index (χ4n) is 2.37. The Morgan fingerprint density at radius 1 is 1.29 bits per heavy atom. The predicted octanol–water partition coefficient (Wildman–Crippen LogP) is 2.26. The van der Waals surface area contributed by atoms with Gasteiger partial charge in [0.1, 0.15) is 17.7 Å². The molecule has 0 radical (unpaired) electrons. The van der Waals surface area contributed by atoms with Gasteiger partial charge in [0.05, 0.1) is 18.8 Å². The van der Waals surface area contributed by atoms with Crippen LogP contribution < -0.4 is 20.1 Å². The van der Waals surface area contributed by atoms with Gasteiger partial charge in [-0.1, -0.05) is 12.1 Å². The molecule has 2 heterocycles. The number of para-hydroxylation sites is 2. The largest absolute Gasteiger partial charge is 0.486 e. The highest BCUT2D eigenvalue weighted by Gasteiger charge is 2.20. The Morgan fingerprint density at radius 2 is 2.08 bits per heavy atom. The molecule has 3 rings (SSSR count). The highest BCUT2D eigenvalue weighted by molar-refractivity contribution is 7.11. The molecule has 0 saturated carbocycles. The Morgan fingerprint density at radius 3 is 2.79 bits per heavy atom. The van der Waals surface area contributed by atoms with Crippen LogP contribution in [0.4, 0.5) is 0 Å². The first kappa shape index (κ1) is 16.6. The van der Waals surface area contributed by atoms with Gasteiger partial charge in [-0.3, -0.25) is 4.99 Å². The van der Waals surface area contributed by atoms with Gasteiger partial charge in [0.15, 0.2) is 17.5 Å². The van der Waals surface area contributed by atoms with Crippen molar-refractivity contribution in [1.29, 1.82) is 0 Å². The maximum Gasteiger partial charge on any atom is 0.191 e. The van der Waals surface area contributed by atoms with Gasteiger partial charge in [0.2, 0.25) is 0 Å². The molecule has 1 aliphatic heterocycles. The number of aliphatic imine (C=N–C) groups is 1. The number of thiazole rings is 1. The summed E-state index contributed by atoms with van der Waals surface area (Å²) in [7, 11) is 1.75. The molecule has 2 N–H and O–H groups in total. The summed E-state index contributed by atoms with van der Waals surface area (Å²) in [5.41, 5.74) is 1.09. The van der Waals surface area contributed by atoms with Crippen molar-refractivity contribution in [2.24, 2.45) is 4.99 Å². The van der Waals surface area contributed by atoms with Crippen molar-refractivity contribution < 1.29 is 9.47 Å². The number of hydrogen-bond donors (Lipinski definition) is 2. The first-order valence-electron chi connectivity index (χ1n) is 7.91. The van der Waals surface area contributed by atoms with E-state index in [4.69, 9.17) is 9.47 Å². The number of ether oxygens (including phenoxy) is 2. The lowest BCUT2D eigenvalue weighted by atomic mass is 10.2. The van der Waals surface area contributed by atoms with Gasteiger partial charge in [0.25, 0.3) is 0 Å². The van der Waals surface area contributed by atoms with Gasteiger partial charge in [0, 0.05) is 11.9 Å². The molecule has 1 aromatic heterocycles. The molecule has 0 saturated heterocycles. The minimum absolute atomic E-state index is 0.0530.